The molecule has 33 heavy (non-hydrogen) atoms. The van der Waals surface area contributed by atoms with Crippen molar-refractivity contribution in [2.45, 2.75) is 19.4 Å². The Balaban J connectivity index is 1.34. The highest BCUT2D eigenvalue weighted by molar-refractivity contribution is 5.59. The first-order valence-electron chi connectivity index (χ1n) is 10.5. The minimum atomic E-state index is -0.204. The van der Waals surface area contributed by atoms with Crippen LogP contribution in [0.5, 0.6) is 0 Å². The zero-order chi connectivity index (χ0) is 22.6. The molecule has 5 rings (SSSR count). The summed E-state index contributed by atoms with van der Waals surface area (Å²) < 4.78 is 6.92. The van der Waals surface area contributed by atoms with Crippen molar-refractivity contribution in [2.75, 3.05) is 5.73 Å². The van der Waals surface area contributed by atoms with Gasteiger partial charge in [0.25, 0.3) is 5.56 Å². The van der Waals surface area contributed by atoms with Gasteiger partial charge in [0.2, 0.25) is 11.8 Å². The molecule has 3 N–H and O–H groups in total. The molecular formula is C24H21N7O2. The summed E-state index contributed by atoms with van der Waals surface area (Å²) >= 11 is 0. The van der Waals surface area contributed by atoms with E-state index in [0.29, 0.717) is 17.9 Å². The standard InChI is InChI=1S/C24H21N7O2/c25-24-26-19(11-10-16-5-3-7-17(13-16)21-9-4-12-33-21)14-22(32)31(24)15-18-6-1-2-8-20(18)23-27-29-30-28-23/h1-9,12-14H,10-11,15H2,(H2,25,26)(H,27,28,29,30). The smallest absolute Gasteiger partial charge is 0.255 e. The Labute approximate surface area is 188 Å². The van der Waals surface area contributed by atoms with E-state index in [0.717, 1.165) is 34.4 Å². The van der Waals surface area contributed by atoms with E-state index in [2.05, 4.69) is 31.7 Å². The first-order chi connectivity index (χ1) is 16.2. The van der Waals surface area contributed by atoms with Gasteiger partial charge in [-0.1, -0.05) is 42.5 Å². The normalized spacial score (nSPS) is 11.0. The Hall–Kier alpha value is -4.53. The van der Waals surface area contributed by atoms with Crippen LogP contribution >= 0.6 is 0 Å². The highest BCUT2D eigenvalue weighted by Crippen LogP contribution is 2.22. The Morgan fingerprint density at radius 2 is 1.91 bits per heavy atom. The van der Waals surface area contributed by atoms with Crippen LogP contribution in [0.2, 0.25) is 0 Å². The molecule has 2 aromatic carbocycles. The Kier molecular flexibility index (Phi) is 5.50. The lowest BCUT2D eigenvalue weighted by Crippen LogP contribution is -2.25. The lowest BCUT2D eigenvalue weighted by Gasteiger charge is -2.12. The summed E-state index contributed by atoms with van der Waals surface area (Å²) in [5, 5.41) is 14.1. The Morgan fingerprint density at radius 1 is 1.00 bits per heavy atom. The van der Waals surface area contributed by atoms with Gasteiger partial charge in [0.15, 0.2) is 0 Å². The number of nitrogens with one attached hydrogen (secondary N) is 1. The maximum atomic E-state index is 12.9. The average molecular weight is 439 g/mol. The van der Waals surface area contributed by atoms with Crippen LogP contribution in [0.1, 0.15) is 16.8 Å². The SMILES string of the molecule is Nc1nc(CCc2cccc(-c3ccco3)c2)cc(=O)n1Cc1ccccc1-c1nn[nH]n1. The second kappa shape index (κ2) is 8.91. The summed E-state index contributed by atoms with van der Waals surface area (Å²) in [6.07, 6.45) is 2.98. The number of nitrogens with two attached hydrogens (primary N) is 1. The number of benzene rings is 2. The van der Waals surface area contributed by atoms with Gasteiger partial charge in [-0.2, -0.15) is 5.21 Å². The lowest BCUT2D eigenvalue weighted by molar-refractivity contribution is 0.582. The van der Waals surface area contributed by atoms with Gasteiger partial charge >= 0.3 is 0 Å². The zero-order valence-corrected chi connectivity index (χ0v) is 17.7. The van der Waals surface area contributed by atoms with Crippen LogP contribution < -0.4 is 11.3 Å². The van der Waals surface area contributed by atoms with E-state index in [9.17, 15) is 4.79 Å². The fourth-order valence-corrected chi connectivity index (χ4v) is 3.78. The highest BCUT2D eigenvalue weighted by Gasteiger charge is 2.13. The molecule has 0 fully saturated rings. The van der Waals surface area contributed by atoms with Crippen molar-refractivity contribution in [2.24, 2.45) is 0 Å². The summed E-state index contributed by atoms with van der Waals surface area (Å²) in [7, 11) is 0. The summed E-state index contributed by atoms with van der Waals surface area (Å²) in [6.45, 7) is 0.258. The van der Waals surface area contributed by atoms with E-state index in [4.69, 9.17) is 10.2 Å². The fraction of sp³-hybridized carbons (Fsp3) is 0.125. The summed E-state index contributed by atoms with van der Waals surface area (Å²) in [5.41, 5.74) is 10.4. The van der Waals surface area contributed by atoms with Crippen LogP contribution in [-0.4, -0.2) is 30.2 Å². The molecule has 0 unspecified atom stereocenters. The predicted molar refractivity (Wildman–Crippen MR) is 123 cm³/mol. The van der Waals surface area contributed by atoms with Crippen LogP contribution in [0.3, 0.4) is 0 Å². The molecule has 164 valence electrons. The number of H-pyrrole nitrogens is 1. The number of aromatic nitrogens is 6. The number of aryl methyl sites for hydroxylation is 2. The van der Waals surface area contributed by atoms with Crippen molar-refractivity contribution in [3.05, 3.63) is 100 Å². The number of furan rings is 1. The number of hydrogen-bond acceptors (Lipinski definition) is 7. The molecule has 5 aromatic rings. The first-order valence-corrected chi connectivity index (χ1v) is 10.5. The predicted octanol–water partition coefficient (Wildman–Crippen LogP) is 3.10. The van der Waals surface area contributed by atoms with Crippen molar-refractivity contribution in [1.29, 1.82) is 0 Å². The topological polar surface area (TPSA) is 129 Å². The number of nitrogens with zero attached hydrogens (tertiary/aromatic N) is 5. The molecule has 0 saturated carbocycles. The van der Waals surface area contributed by atoms with Gasteiger partial charge in [0.1, 0.15) is 5.76 Å². The van der Waals surface area contributed by atoms with E-state index in [1.54, 1.807) is 12.3 Å². The number of hydrogen-bond donors (Lipinski definition) is 2. The van der Waals surface area contributed by atoms with Crippen molar-refractivity contribution < 1.29 is 4.42 Å². The maximum Gasteiger partial charge on any atom is 0.255 e. The molecule has 0 aliphatic heterocycles. The van der Waals surface area contributed by atoms with Gasteiger partial charge in [-0.15, -0.1) is 10.2 Å². The second-order valence-electron chi connectivity index (χ2n) is 7.60. The third-order valence-corrected chi connectivity index (χ3v) is 5.43. The number of anilines is 1. The molecule has 0 spiro atoms. The summed E-state index contributed by atoms with van der Waals surface area (Å²) in [4.78, 5) is 17.3. The molecule has 3 heterocycles. The van der Waals surface area contributed by atoms with Gasteiger partial charge in [-0.3, -0.25) is 9.36 Å². The van der Waals surface area contributed by atoms with Crippen LogP contribution in [0.4, 0.5) is 5.95 Å². The van der Waals surface area contributed by atoms with E-state index >= 15 is 0 Å². The maximum absolute atomic E-state index is 12.9. The molecule has 3 aromatic heterocycles. The molecule has 9 heteroatoms. The number of tetrazole rings is 1. The zero-order valence-electron chi connectivity index (χ0n) is 17.7. The largest absolute Gasteiger partial charge is 0.464 e. The van der Waals surface area contributed by atoms with Gasteiger partial charge in [0.05, 0.1) is 18.5 Å². The number of nitrogen functional groups attached to an aromatic ring is 1. The number of rotatable bonds is 7. The Morgan fingerprint density at radius 3 is 2.70 bits per heavy atom. The second-order valence-corrected chi connectivity index (χ2v) is 7.60. The van der Waals surface area contributed by atoms with E-state index in [1.807, 2.05) is 54.6 Å². The van der Waals surface area contributed by atoms with Gasteiger partial charge in [-0.05, 0) is 47.4 Å². The molecule has 0 bridgehead atoms. The van der Waals surface area contributed by atoms with Crippen LogP contribution in [0.25, 0.3) is 22.7 Å². The molecule has 0 saturated heterocycles. The monoisotopic (exact) mass is 439 g/mol. The summed E-state index contributed by atoms with van der Waals surface area (Å²) in [6, 6.07) is 21.0. The Bertz CT molecular complexity index is 1420. The fourth-order valence-electron chi connectivity index (χ4n) is 3.78. The molecular weight excluding hydrogens is 418 g/mol. The first kappa shape index (κ1) is 20.4. The van der Waals surface area contributed by atoms with Crippen LogP contribution in [0.15, 0.2) is 82.2 Å². The van der Waals surface area contributed by atoms with Crippen molar-refractivity contribution in [1.82, 2.24) is 30.2 Å². The van der Waals surface area contributed by atoms with E-state index in [-0.39, 0.29) is 18.1 Å². The molecule has 0 amide bonds. The molecule has 0 radical (unpaired) electrons. The summed E-state index contributed by atoms with van der Waals surface area (Å²) in [5.74, 6) is 1.45. The van der Waals surface area contributed by atoms with Gasteiger partial charge in [-0.25, -0.2) is 4.98 Å². The van der Waals surface area contributed by atoms with Crippen molar-refractivity contribution in [3.8, 4) is 22.7 Å². The minimum Gasteiger partial charge on any atom is -0.464 e. The lowest BCUT2D eigenvalue weighted by atomic mass is 10.0. The number of aromatic amines is 1. The third-order valence-electron chi connectivity index (χ3n) is 5.43. The molecule has 0 aliphatic rings. The minimum absolute atomic E-state index is 0.171. The van der Waals surface area contributed by atoms with E-state index in [1.165, 1.54) is 4.57 Å². The average Bonchev–Trinajstić information content (AvgIpc) is 3.55. The van der Waals surface area contributed by atoms with Crippen molar-refractivity contribution in [3.63, 3.8) is 0 Å². The molecule has 0 atom stereocenters. The molecule has 0 aliphatic carbocycles. The molecule has 9 nitrogen and oxygen atoms in total. The van der Waals surface area contributed by atoms with Gasteiger partial charge in [0, 0.05) is 17.2 Å². The van der Waals surface area contributed by atoms with E-state index < -0.39 is 0 Å². The highest BCUT2D eigenvalue weighted by atomic mass is 16.3. The van der Waals surface area contributed by atoms with Crippen molar-refractivity contribution >= 4 is 5.95 Å². The van der Waals surface area contributed by atoms with Crippen LogP contribution in [0, 0.1) is 0 Å². The third kappa shape index (κ3) is 4.42. The van der Waals surface area contributed by atoms with Crippen LogP contribution in [-0.2, 0) is 19.4 Å². The quantitative estimate of drug-likeness (QED) is 0.399. The van der Waals surface area contributed by atoms with Gasteiger partial charge < -0.3 is 10.2 Å².